The number of hydrogen-bond donors (Lipinski definition) is 1. The summed E-state index contributed by atoms with van der Waals surface area (Å²) in [4.78, 5) is 27.2. The molecule has 0 aliphatic carbocycles. The highest BCUT2D eigenvalue weighted by Gasteiger charge is 2.31. The Bertz CT molecular complexity index is 1400. The van der Waals surface area contributed by atoms with E-state index in [1.54, 1.807) is 12.1 Å². The number of halogens is 1. The Morgan fingerprint density at radius 1 is 1.03 bits per heavy atom. The predicted molar refractivity (Wildman–Crippen MR) is 138 cm³/mol. The van der Waals surface area contributed by atoms with E-state index < -0.39 is 5.91 Å². The van der Waals surface area contributed by atoms with Gasteiger partial charge in [0.1, 0.15) is 23.9 Å². The summed E-state index contributed by atoms with van der Waals surface area (Å²) in [6.07, 6.45) is 1.24. The lowest BCUT2D eigenvalue weighted by atomic mass is 9.87. The fourth-order valence-electron chi connectivity index (χ4n) is 4.61. The van der Waals surface area contributed by atoms with E-state index in [0.717, 1.165) is 17.5 Å². The number of nitrogens with zero attached hydrogens (tertiary/aromatic N) is 1. The monoisotopic (exact) mass is 498 g/mol. The van der Waals surface area contributed by atoms with Crippen LogP contribution in [0.4, 0.5) is 10.1 Å². The number of rotatable bonds is 7. The molecule has 0 spiro atoms. The second kappa shape index (κ2) is 10.7. The number of furan rings is 1. The zero-order chi connectivity index (χ0) is 25.8. The Hall–Kier alpha value is -4.39. The van der Waals surface area contributed by atoms with Crippen molar-refractivity contribution in [3.05, 3.63) is 119 Å². The van der Waals surface area contributed by atoms with Gasteiger partial charge in [-0.25, -0.2) is 4.39 Å². The lowest BCUT2D eigenvalue weighted by Crippen LogP contribution is -2.40. The molecule has 188 valence electrons. The fraction of sp³-hybridized carbons (Fsp3) is 0.200. The summed E-state index contributed by atoms with van der Waals surface area (Å²) in [5.74, 6) is 0.582. The van der Waals surface area contributed by atoms with Crippen molar-refractivity contribution in [1.29, 1.82) is 0 Å². The maximum atomic E-state index is 13.1. The quantitative estimate of drug-likeness (QED) is 0.333. The highest BCUT2D eigenvalue weighted by molar-refractivity contribution is 6.02. The van der Waals surface area contributed by atoms with Crippen LogP contribution in [0.2, 0.25) is 0 Å². The molecule has 3 aromatic carbocycles. The largest absolute Gasteiger partial charge is 0.486 e. The topological polar surface area (TPSA) is 71.8 Å². The molecule has 0 unspecified atom stereocenters. The lowest BCUT2D eigenvalue weighted by Gasteiger charge is -2.38. The molecule has 2 heterocycles. The number of hydrogen-bond acceptors (Lipinski definition) is 4. The minimum absolute atomic E-state index is 0.118. The molecule has 1 aliphatic rings. The highest BCUT2D eigenvalue weighted by Crippen LogP contribution is 2.37. The fourth-order valence-corrected chi connectivity index (χ4v) is 4.61. The van der Waals surface area contributed by atoms with E-state index in [0.29, 0.717) is 30.2 Å². The first-order valence-corrected chi connectivity index (χ1v) is 12.3. The van der Waals surface area contributed by atoms with E-state index in [1.807, 2.05) is 54.3 Å². The second-order valence-electron chi connectivity index (χ2n) is 8.88. The third-order valence-corrected chi connectivity index (χ3v) is 6.45. The number of carbonyl (C=O) groups is 2. The molecule has 2 amide bonds. The van der Waals surface area contributed by atoms with Crippen LogP contribution in [-0.2, 0) is 17.8 Å². The first-order chi connectivity index (χ1) is 18.0. The molecule has 0 radical (unpaired) electrons. The standard InChI is InChI=1S/C30H27FN2O4/c1-2-28(34)33-17-16-20-8-13-24(18-26(20)29(33)21-6-4-3-5-7-21)36-19-25-14-15-27(37-25)30(35)32-23-11-9-22(31)10-12-23/h3-15,18,29H,2,16-17,19H2,1H3,(H,32,35)/t29-/m0/s1. The van der Waals surface area contributed by atoms with Crippen molar-refractivity contribution in [3.8, 4) is 5.75 Å². The second-order valence-corrected chi connectivity index (χ2v) is 8.88. The maximum absolute atomic E-state index is 13.1. The first-order valence-electron chi connectivity index (χ1n) is 12.3. The van der Waals surface area contributed by atoms with Crippen molar-refractivity contribution in [2.24, 2.45) is 0 Å². The Kier molecular flexibility index (Phi) is 7.03. The van der Waals surface area contributed by atoms with Crippen LogP contribution >= 0.6 is 0 Å². The van der Waals surface area contributed by atoms with E-state index in [2.05, 4.69) is 11.4 Å². The zero-order valence-corrected chi connectivity index (χ0v) is 20.4. The van der Waals surface area contributed by atoms with Crippen LogP contribution < -0.4 is 10.1 Å². The molecule has 7 heteroatoms. The number of fused-ring (bicyclic) bond motifs is 1. The molecule has 37 heavy (non-hydrogen) atoms. The van der Waals surface area contributed by atoms with E-state index in [4.69, 9.17) is 9.15 Å². The third kappa shape index (κ3) is 5.40. The molecule has 1 aliphatic heterocycles. The SMILES string of the molecule is CCC(=O)N1CCc2ccc(OCc3ccc(C(=O)Nc4ccc(F)cc4)o3)cc2[C@@H]1c1ccccc1. The summed E-state index contributed by atoms with van der Waals surface area (Å²) in [5, 5.41) is 2.67. The van der Waals surface area contributed by atoms with Gasteiger partial charge in [-0.1, -0.05) is 43.3 Å². The van der Waals surface area contributed by atoms with Crippen LogP contribution in [0.5, 0.6) is 5.75 Å². The predicted octanol–water partition coefficient (Wildman–Crippen LogP) is 6.13. The van der Waals surface area contributed by atoms with Gasteiger partial charge in [0.25, 0.3) is 5.91 Å². The van der Waals surface area contributed by atoms with E-state index in [9.17, 15) is 14.0 Å². The first kappa shape index (κ1) is 24.3. The minimum Gasteiger partial charge on any atom is -0.486 e. The average Bonchev–Trinajstić information content (AvgIpc) is 3.42. The van der Waals surface area contributed by atoms with Gasteiger partial charge in [-0.05, 0) is 71.6 Å². The van der Waals surface area contributed by atoms with Crippen LogP contribution in [0, 0.1) is 5.82 Å². The van der Waals surface area contributed by atoms with Crippen LogP contribution in [0.1, 0.15) is 52.4 Å². The zero-order valence-electron chi connectivity index (χ0n) is 20.4. The van der Waals surface area contributed by atoms with Crippen molar-refractivity contribution in [2.45, 2.75) is 32.4 Å². The van der Waals surface area contributed by atoms with Crippen molar-refractivity contribution >= 4 is 17.5 Å². The molecule has 4 aromatic rings. The molecule has 6 nitrogen and oxygen atoms in total. The molecular weight excluding hydrogens is 471 g/mol. The van der Waals surface area contributed by atoms with Crippen molar-refractivity contribution < 1.29 is 23.1 Å². The van der Waals surface area contributed by atoms with Gasteiger partial charge >= 0.3 is 0 Å². The summed E-state index contributed by atoms with van der Waals surface area (Å²) in [7, 11) is 0. The number of nitrogens with one attached hydrogen (secondary N) is 1. The molecule has 0 saturated heterocycles. The average molecular weight is 499 g/mol. The molecule has 0 bridgehead atoms. The molecule has 1 atom stereocenters. The van der Waals surface area contributed by atoms with E-state index in [-0.39, 0.29) is 30.1 Å². The van der Waals surface area contributed by atoms with Gasteiger partial charge in [0, 0.05) is 18.7 Å². The van der Waals surface area contributed by atoms with E-state index >= 15 is 0 Å². The minimum atomic E-state index is -0.432. The van der Waals surface area contributed by atoms with Crippen molar-refractivity contribution in [1.82, 2.24) is 4.90 Å². The highest BCUT2D eigenvalue weighted by atomic mass is 19.1. The number of carbonyl (C=O) groups excluding carboxylic acids is 2. The van der Waals surface area contributed by atoms with Crippen LogP contribution in [0.25, 0.3) is 0 Å². The van der Waals surface area contributed by atoms with Crippen molar-refractivity contribution in [2.75, 3.05) is 11.9 Å². The number of ether oxygens (including phenoxy) is 1. The van der Waals surface area contributed by atoms with Gasteiger partial charge < -0.3 is 19.4 Å². The number of amides is 2. The summed E-state index contributed by atoms with van der Waals surface area (Å²) in [6.45, 7) is 2.70. The molecule has 0 fully saturated rings. The molecule has 5 rings (SSSR count). The van der Waals surface area contributed by atoms with Gasteiger partial charge in [0.15, 0.2) is 5.76 Å². The van der Waals surface area contributed by atoms with Gasteiger partial charge in [0.05, 0.1) is 6.04 Å². The molecule has 1 aromatic heterocycles. The van der Waals surface area contributed by atoms with Crippen LogP contribution in [0.3, 0.4) is 0 Å². The third-order valence-electron chi connectivity index (χ3n) is 6.45. The Morgan fingerprint density at radius 2 is 1.81 bits per heavy atom. The molecular formula is C30H27FN2O4. The normalized spacial score (nSPS) is 14.6. The number of anilines is 1. The van der Waals surface area contributed by atoms with Crippen LogP contribution in [-0.4, -0.2) is 23.3 Å². The maximum Gasteiger partial charge on any atom is 0.291 e. The Balaban J connectivity index is 1.31. The summed E-state index contributed by atoms with van der Waals surface area (Å²) < 4.78 is 24.8. The lowest BCUT2D eigenvalue weighted by molar-refractivity contribution is -0.132. The molecule has 1 N–H and O–H groups in total. The summed E-state index contributed by atoms with van der Waals surface area (Å²) >= 11 is 0. The summed E-state index contributed by atoms with van der Waals surface area (Å²) in [5.41, 5.74) is 3.78. The Labute approximate surface area is 214 Å². The Morgan fingerprint density at radius 3 is 2.57 bits per heavy atom. The van der Waals surface area contributed by atoms with Gasteiger partial charge in [-0.15, -0.1) is 0 Å². The van der Waals surface area contributed by atoms with Gasteiger partial charge in [-0.3, -0.25) is 9.59 Å². The summed E-state index contributed by atoms with van der Waals surface area (Å²) in [6, 6.07) is 24.6. The van der Waals surface area contributed by atoms with Gasteiger partial charge in [-0.2, -0.15) is 0 Å². The van der Waals surface area contributed by atoms with Crippen molar-refractivity contribution in [3.63, 3.8) is 0 Å². The van der Waals surface area contributed by atoms with Gasteiger partial charge in [0.2, 0.25) is 5.91 Å². The number of benzene rings is 3. The van der Waals surface area contributed by atoms with E-state index in [1.165, 1.54) is 29.8 Å². The van der Waals surface area contributed by atoms with Crippen LogP contribution in [0.15, 0.2) is 89.3 Å². The molecule has 0 saturated carbocycles. The smallest absolute Gasteiger partial charge is 0.291 e.